The largest absolute Gasteiger partial charge is 0.494 e. The molecule has 0 atom stereocenters. The summed E-state index contributed by atoms with van der Waals surface area (Å²) in [5, 5.41) is 15.9. The summed E-state index contributed by atoms with van der Waals surface area (Å²) >= 11 is 0. The second kappa shape index (κ2) is 5.76. The van der Waals surface area contributed by atoms with Gasteiger partial charge in [-0.2, -0.15) is 5.21 Å². The fraction of sp³-hybridized carbons (Fsp3) is 0.273. The van der Waals surface area contributed by atoms with Crippen molar-refractivity contribution < 1.29 is 9.53 Å². The predicted molar refractivity (Wildman–Crippen MR) is 63.0 cm³/mol. The minimum atomic E-state index is -0.192. The van der Waals surface area contributed by atoms with E-state index in [1.807, 2.05) is 6.92 Å². The maximum absolute atomic E-state index is 11.8. The molecule has 0 saturated heterocycles. The van der Waals surface area contributed by atoms with Crippen LogP contribution >= 0.6 is 0 Å². The number of hydrogen-bond acceptors (Lipinski definition) is 5. The van der Waals surface area contributed by atoms with Crippen molar-refractivity contribution in [1.29, 1.82) is 0 Å². The number of H-pyrrole nitrogens is 1. The van der Waals surface area contributed by atoms with Gasteiger partial charge in [-0.3, -0.25) is 4.79 Å². The van der Waals surface area contributed by atoms with Gasteiger partial charge in [-0.25, -0.2) is 0 Å². The van der Waals surface area contributed by atoms with Crippen LogP contribution in [0.2, 0.25) is 0 Å². The topological polar surface area (TPSA) is 92.8 Å². The van der Waals surface area contributed by atoms with E-state index in [1.54, 1.807) is 24.3 Å². The SMILES string of the molecule is CCOc1ccc(C(=O)NCc2nn[nH]n2)cc1. The molecule has 0 fully saturated rings. The third-order valence-electron chi connectivity index (χ3n) is 2.22. The van der Waals surface area contributed by atoms with E-state index < -0.39 is 0 Å². The molecule has 2 rings (SSSR count). The molecule has 0 unspecified atom stereocenters. The van der Waals surface area contributed by atoms with Gasteiger partial charge in [0.05, 0.1) is 13.2 Å². The molecular formula is C11H13N5O2. The molecule has 18 heavy (non-hydrogen) atoms. The molecule has 94 valence electrons. The van der Waals surface area contributed by atoms with Gasteiger partial charge >= 0.3 is 0 Å². The Bertz CT molecular complexity index is 495. The van der Waals surface area contributed by atoms with Gasteiger partial charge in [0.2, 0.25) is 0 Å². The van der Waals surface area contributed by atoms with Crippen molar-refractivity contribution in [2.75, 3.05) is 6.61 Å². The van der Waals surface area contributed by atoms with E-state index >= 15 is 0 Å². The maximum atomic E-state index is 11.8. The van der Waals surface area contributed by atoms with Gasteiger partial charge in [0.25, 0.3) is 5.91 Å². The zero-order valence-electron chi connectivity index (χ0n) is 9.88. The lowest BCUT2D eigenvalue weighted by molar-refractivity contribution is 0.0950. The minimum Gasteiger partial charge on any atom is -0.494 e. The highest BCUT2D eigenvalue weighted by atomic mass is 16.5. The number of ether oxygens (including phenoxy) is 1. The van der Waals surface area contributed by atoms with Gasteiger partial charge in [-0.05, 0) is 31.2 Å². The third-order valence-corrected chi connectivity index (χ3v) is 2.22. The van der Waals surface area contributed by atoms with E-state index in [4.69, 9.17) is 4.74 Å². The van der Waals surface area contributed by atoms with Crippen molar-refractivity contribution in [1.82, 2.24) is 25.9 Å². The summed E-state index contributed by atoms with van der Waals surface area (Å²) in [4.78, 5) is 11.8. The number of aromatic amines is 1. The summed E-state index contributed by atoms with van der Waals surface area (Å²) in [6, 6.07) is 6.92. The highest BCUT2D eigenvalue weighted by molar-refractivity contribution is 5.94. The first-order valence-electron chi connectivity index (χ1n) is 5.53. The molecule has 0 bridgehead atoms. The Labute approximate surface area is 104 Å². The standard InChI is InChI=1S/C11H13N5O2/c1-2-18-9-5-3-8(4-6-9)11(17)12-7-10-13-15-16-14-10/h3-6H,2,7H2,1H3,(H,12,17)(H,13,14,15,16). The molecule has 2 aromatic rings. The monoisotopic (exact) mass is 247 g/mol. The molecule has 0 aliphatic rings. The Hall–Kier alpha value is -2.44. The smallest absolute Gasteiger partial charge is 0.251 e. The number of carbonyl (C=O) groups is 1. The van der Waals surface area contributed by atoms with Crippen LogP contribution in [-0.4, -0.2) is 33.1 Å². The molecule has 1 aromatic carbocycles. The molecule has 0 saturated carbocycles. The number of aromatic nitrogens is 4. The molecule has 0 spiro atoms. The number of carbonyl (C=O) groups excluding carboxylic acids is 1. The molecule has 1 aromatic heterocycles. The molecule has 0 aliphatic heterocycles. The molecule has 7 heteroatoms. The number of hydrogen-bond donors (Lipinski definition) is 2. The second-order valence-electron chi connectivity index (χ2n) is 3.47. The Balaban J connectivity index is 1.92. The zero-order chi connectivity index (χ0) is 12.8. The number of rotatable bonds is 5. The number of nitrogens with zero attached hydrogens (tertiary/aromatic N) is 3. The van der Waals surface area contributed by atoms with E-state index in [2.05, 4.69) is 25.9 Å². The first kappa shape index (κ1) is 12.0. The van der Waals surface area contributed by atoms with E-state index in [0.29, 0.717) is 18.0 Å². The third kappa shape index (κ3) is 3.03. The van der Waals surface area contributed by atoms with Crippen molar-refractivity contribution in [3.63, 3.8) is 0 Å². The molecule has 7 nitrogen and oxygen atoms in total. The van der Waals surface area contributed by atoms with Crippen LogP contribution < -0.4 is 10.1 Å². The van der Waals surface area contributed by atoms with Crippen molar-refractivity contribution in [3.8, 4) is 5.75 Å². The van der Waals surface area contributed by atoms with Crippen LogP contribution in [0.4, 0.5) is 0 Å². The Morgan fingerprint density at radius 1 is 1.39 bits per heavy atom. The van der Waals surface area contributed by atoms with Gasteiger partial charge in [-0.15, -0.1) is 10.2 Å². The fourth-order valence-electron chi connectivity index (χ4n) is 1.39. The number of amides is 1. The number of tetrazole rings is 1. The van der Waals surface area contributed by atoms with E-state index in [1.165, 1.54) is 0 Å². The Kier molecular flexibility index (Phi) is 3.85. The quantitative estimate of drug-likeness (QED) is 0.803. The summed E-state index contributed by atoms with van der Waals surface area (Å²) in [5.41, 5.74) is 0.557. The number of nitrogens with one attached hydrogen (secondary N) is 2. The van der Waals surface area contributed by atoms with Gasteiger partial charge in [0.15, 0.2) is 5.82 Å². The summed E-state index contributed by atoms with van der Waals surface area (Å²) in [7, 11) is 0. The predicted octanol–water partition coefficient (Wildman–Crippen LogP) is 0.528. The minimum absolute atomic E-state index is 0.192. The van der Waals surface area contributed by atoms with Gasteiger partial charge in [0.1, 0.15) is 5.75 Å². The lowest BCUT2D eigenvalue weighted by Gasteiger charge is -2.05. The van der Waals surface area contributed by atoms with Crippen LogP contribution in [0.15, 0.2) is 24.3 Å². The molecule has 0 aliphatic carbocycles. The van der Waals surface area contributed by atoms with Gasteiger partial charge < -0.3 is 10.1 Å². The maximum Gasteiger partial charge on any atom is 0.251 e. The van der Waals surface area contributed by atoms with Crippen LogP contribution in [0.1, 0.15) is 23.1 Å². The summed E-state index contributed by atoms with van der Waals surface area (Å²) in [6.45, 7) is 2.75. The molecule has 2 N–H and O–H groups in total. The molecule has 0 radical (unpaired) electrons. The first-order chi connectivity index (χ1) is 8.79. The van der Waals surface area contributed by atoms with E-state index in [9.17, 15) is 4.79 Å². The Morgan fingerprint density at radius 2 is 2.17 bits per heavy atom. The normalized spacial score (nSPS) is 10.1. The Morgan fingerprint density at radius 3 is 2.78 bits per heavy atom. The van der Waals surface area contributed by atoms with Crippen LogP contribution in [0.3, 0.4) is 0 Å². The lowest BCUT2D eigenvalue weighted by Crippen LogP contribution is -2.23. The van der Waals surface area contributed by atoms with E-state index in [-0.39, 0.29) is 12.5 Å². The highest BCUT2D eigenvalue weighted by Gasteiger charge is 2.06. The number of benzene rings is 1. The lowest BCUT2D eigenvalue weighted by atomic mass is 10.2. The molecule has 1 amide bonds. The van der Waals surface area contributed by atoms with Crippen LogP contribution in [-0.2, 0) is 6.54 Å². The highest BCUT2D eigenvalue weighted by Crippen LogP contribution is 2.11. The van der Waals surface area contributed by atoms with Crippen LogP contribution in [0, 0.1) is 0 Å². The first-order valence-corrected chi connectivity index (χ1v) is 5.53. The van der Waals surface area contributed by atoms with E-state index in [0.717, 1.165) is 5.75 Å². The molecular weight excluding hydrogens is 234 g/mol. The average Bonchev–Trinajstić information content (AvgIpc) is 2.90. The summed E-state index contributed by atoms with van der Waals surface area (Å²) in [6.07, 6.45) is 0. The van der Waals surface area contributed by atoms with Crippen molar-refractivity contribution in [2.45, 2.75) is 13.5 Å². The van der Waals surface area contributed by atoms with Crippen molar-refractivity contribution >= 4 is 5.91 Å². The van der Waals surface area contributed by atoms with Crippen molar-refractivity contribution in [3.05, 3.63) is 35.7 Å². The summed E-state index contributed by atoms with van der Waals surface area (Å²) in [5.74, 6) is 0.990. The van der Waals surface area contributed by atoms with Crippen LogP contribution in [0.5, 0.6) is 5.75 Å². The average molecular weight is 247 g/mol. The van der Waals surface area contributed by atoms with Crippen molar-refractivity contribution in [2.24, 2.45) is 0 Å². The fourth-order valence-corrected chi connectivity index (χ4v) is 1.39. The zero-order valence-corrected chi connectivity index (χ0v) is 9.88. The van der Waals surface area contributed by atoms with Gasteiger partial charge in [0, 0.05) is 5.56 Å². The second-order valence-corrected chi connectivity index (χ2v) is 3.47. The van der Waals surface area contributed by atoms with Gasteiger partial charge in [-0.1, -0.05) is 5.21 Å². The summed E-state index contributed by atoms with van der Waals surface area (Å²) < 4.78 is 5.30. The molecule has 1 heterocycles. The van der Waals surface area contributed by atoms with Crippen LogP contribution in [0.25, 0.3) is 0 Å².